The average molecular weight is 1290 g/mol. The summed E-state index contributed by atoms with van der Waals surface area (Å²) in [6, 6.07) is 0. The Bertz CT molecular complexity index is 1810. The van der Waals surface area contributed by atoms with Crippen LogP contribution in [0.4, 0.5) is 0 Å². The minimum Gasteiger partial charge on any atom is -0.462 e. The number of phosphoric acid groups is 2. The van der Waals surface area contributed by atoms with Crippen molar-refractivity contribution in [3.8, 4) is 0 Å². The Hall–Kier alpha value is -2.46. The first-order valence-corrected chi connectivity index (χ1v) is 38.4. The summed E-state index contributed by atoms with van der Waals surface area (Å²) in [5.41, 5.74) is 0. The molecule has 3 N–H and O–H groups in total. The van der Waals surface area contributed by atoms with Crippen molar-refractivity contribution in [1.29, 1.82) is 0 Å². The summed E-state index contributed by atoms with van der Waals surface area (Å²) in [7, 11) is -9.91. The normalized spacial score (nSPS) is 15.0. The fourth-order valence-electron chi connectivity index (χ4n) is 9.81. The number of aliphatic hydroxyl groups is 1. The van der Waals surface area contributed by atoms with Gasteiger partial charge in [-0.15, -0.1) is 0 Å². The molecule has 0 saturated heterocycles. The topological polar surface area (TPSA) is 237 Å². The number of carbonyl (C=O) groups excluding carboxylic acids is 4. The molecule has 4 unspecified atom stereocenters. The van der Waals surface area contributed by atoms with Crippen molar-refractivity contribution in [2.24, 2.45) is 11.8 Å². The van der Waals surface area contributed by atoms with Gasteiger partial charge in [0.15, 0.2) is 12.2 Å². The smallest absolute Gasteiger partial charge is 0.462 e. The van der Waals surface area contributed by atoms with Gasteiger partial charge in [0.05, 0.1) is 26.4 Å². The maximum atomic E-state index is 13.0. The van der Waals surface area contributed by atoms with E-state index in [9.17, 15) is 43.2 Å². The van der Waals surface area contributed by atoms with Crippen molar-refractivity contribution in [2.45, 2.75) is 342 Å². The largest absolute Gasteiger partial charge is 0.472 e. The van der Waals surface area contributed by atoms with Gasteiger partial charge in [-0.05, 0) is 63.2 Å². The number of carbonyl (C=O) groups is 4. The summed E-state index contributed by atoms with van der Waals surface area (Å²) in [5.74, 6) is -0.635. The molecule has 17 nitrogen and oxygen atoms in total. The number of ether oxygens (including phenoxy) is 4. The second-order valence-corrected chi connectivity index (χ2v) is 27.6. The molecule has 0 aromatic rings. The summed E-state index contributed by atoms with van der Waals surface area (Å²) in [4.78, 5) is 72.4. The molecule has 7 atom stereocenters. The Labute approximate surface area is 535 Å². The monoisotopic (exact) mass is 1290 g/mol. The molecule has 0 rings (SSSR count). The molecule has 19 heteroatoms. The second-order valence-electron chi connectivity index (χ2n) is 24.7. The van der Waals surface area contributed by atoms with E-state index in [0.717, 1.165) is 115 Å². The number of phosphoric ester groups is 2. The SMILES string of the molecule is CCCCCC/C=C\C=C/CCCCCCCC(=O)O[C@H](COC(=O)CCCCCCCCCCCCC(C)CC)COP(=O)(O)OC[C@@H](O)COP(=O)(O)OC[C@@H](COC(=O)CCCCCCCCCCC)OC(=O)CCCCCCCCC(C)CC. The maximum Gasteiger partial charge on any atom is 0.472 e. The second kappa shape index (κ2) is 60.8. The van der Waals surface area contributed by atoms with Gasteiger partial charge in [0, 0.05) is 25.7 Å². The molecule has 0 aliphatic heterocycles. The van der Waals surface area contributed by atoms with Gasteiger partial charge in [0.2, 0.25) is 0 Å². The van der Waals surface area contributed by atoms with Crippen molar-refractivity contribution in [2.75, 3.05) is 39.6 Å². The lowest BCUT2D eigenvalue weighted by molar-refractivity contribution is -0.161. The van der Waals surface area contributed by atoms with Crippen molar-refractivity contribution < 1.29 is 80.2 Å². The number of esters is 4. The molecule has 518 valence electrons. The summed E-state index contributed by atoms with van der Waals surface area (Å²) in [5, 5.41) is 10.6. The summed E-state index contributed by atoms with van der Waals surface area (Å²) in [6.07, 6.45) is 48.0. The quantitative estimate of drug-likeness (QED) is 0.0169. The standard InChI is InChI=1S/C69H130O17P2/c1-7-11-13-15-17-19-20-21-22-23-24-30-34-41-47-53-68(73)85-64(57-80-67(72)52-46-40-33-29-26-25-28-31-37-43-49-61(5)9-3)59-83-87(75,76)81-55-63(70)56-82-88(77,78)84-60-65(58-79-66(71)51-45-39-32-27-18-16-14-12-8-2)86-69(74)54-48-42-36-35-38-44-50-62(6)10-4/h19-22,61-65,70H,7-18,23-60H2,1-6H3,(H,75,76)(H,77,78)/b20-19-,22-21-/t61?,62?,63-,64-,65-/m1/s1. The van der Waals surface area contributed by atoms with Gasteiger partial charge in [-0.3, -0.25) is 37.3 Å². The Balaban J connectivity index is 5.29. The van der Waals surface area contributed by atoms with Crippen molar-refractivity contribution in [3.63, 3.8) is 0 Å². The zero-order valence-corrected chi connectivity index (χ0v) is 58.3. The van der Waals surface area contributed by atoms with E-state index in [1.807, 2.05) is 0 Å². The van der Waals surface area contributed by atoms with Crippen molar-refractivity contribution in [3.05, 3.63) is 24.3 Å². The van der Waals surface area contributed by atoms with Gasteiger partial charge in [0.25, 0.3) is 0 Å². The summed E-state index contributed by atoms with van der Waals surface area (Å²) < 4.78 is 68.1. The summed E-state index contributed by atoms with van der Waals surface area (Å²) >= 11 is 0. The lowest BCUT2D eigenvalue weighted by atomic mass is 9.99. The van der Waals surface area contributed by atoms with Crippen LogP contribution in [-0.2, 0) is 65.4 Å². The Morgan fingerprint density at radius 2 is 0.636 bits per heavy atom. The van der Waals surface area contributed by atoms with Crippen LogP contribution >= 0.6 is 15.6 Å². The zero-order chi connectivity index (χ0) is 65.0. The number of rotatable bonds is 66. The third-order valence-corrected chi connectivity index (χ3v) is 18.0. The number of aliphatic hydroxyl groups excluding tert-OH is 1. The van der Waals surface area contributed by atoms with Gasteiger partial charge in [-0.1, -0.05) is 271 Å². The number of hydrogen-bond acceptors (Lipinski definition) is 15. The Morgan fingerprint density at radius 3 is 0.966 bits per heavy atom. The van der Waals surface area contributed by atoms with E-state index >= 15 is 0 Å². The zero-order valence-electron chi connectivity index (χ0n) is 56.5. The number of unbranched alkanes of at least 4 members (excludes halogenated alkanes) is 31. The molecule has 0 spiro atoms. The molecular weight excluding hydrogens is 1160 g/mol. The average Bonchev–Trinajstić information content (AvgIpc) is 3.58. The molecule has 0 aliphatic carbocycles. The van der Waals surface area contributed by atoms with Crippen molar-refractivity contribution in [1.82, 2.24) is 0 Å². The van der Waals surface area contributed by atoms with E-state index in [2.05, 4.69) is 65.8 Å². The minimum atomic E-state index is -4.96. The maximum absolute atomic E-state index is 13.0. The third-order valence-electron chi connectivity index (χ3n) is 16.1. The van der Waals surface area contributed by atoms with Crippen LogP contribution in [0.3, 0.4) is 0 Å². The highest BCUT2D eigenvalue weighted by Crippen LogP contribution is 2.45. The van der Waals surface area contributed by atoms with Gasteiger partial charge in [0.1, 0.15) is 19.3 Å². The van der Waals surface area contributed by atoms with Crippen LogP contribution in [0.1, 0.15) is 324 Å². The van der Waals surface area contributed by atoms with Crippen LogP contribution in [0.25, 0.3) is 0 Å². The molecule has 88 heavy (non-hydrogen) atoms. The van der Waals surface area contributed by atoms with Crippen LogP contribution in [0.5, 0.6) is 0 Å². The lowest BCUT2D eigenvalue weighted by Crippen LogP contribution is -2.30. The molecular formula is C69H130O17P2. The van der Waals surface area contributed by atoms with Crippen LogP contribution in [0.2, 0.25) is 0 Å². The molecule has 0 bridgehead atoms. The first kappa shape index (κ1) is 85.5. The van der Waals surface area contributed by atoms with Gasteiger partial charge >= 0.3 is 39.5 Å². The van der Waals surface area contributed by atoms with Crippen LogP contribution in [0.15, 0.2) is 24.3 Å². The molecule has 0 aromatic heterocycles. The van der Waals surface area contributed by atoms with E-state index in [4.69, 9.17) is 37.0 Å². The minimum absolute atomic E-state index is 0.0846. The number of allylic oxidation sites excluding steroid dienone is 4. The van der Waals surface area contributed by atoms with Gasteiger partial charge in [-0.2, -0.15) is 0 Å². The summed E-state index contributed by atoms with van der Waals surface area (Å²) in [6.45, 7) is 9.43. The predicted octanol–water partition coefficient (Wildman–Crippen LogP) is 19.2. The molecule has 0 fully saturated rings. The fraction of sp³-hybridized carbons (Fsp3) is 0.884. The Kier molecular flexibility index (Phi) is 59.1. The highest BCUT2D eigenvalue weighted by atomic mass is 31.2. The van der Waals surface area contributed by atoms with E-state index in [1.54, 1.807) is 0 Å². The van der Waals surface area contributed by atoms with Crippen LogP contribution in [0, 0.1) is 11.8 Å². The molecule has 0 saturated carbocycles. The highest BCUT2D eigenvalue weighted by molar-refractivity contribution is 7.47. The van der Waals surface area contributed by atoms with Crippen molar-refractivity contribution >= 4 is 39.5 Å². The molecule has 0 aliphatic rings. The Morgan fingerprint density at radius 1 is 0.364 bits per heavy atom. The van der Waals surface area contributed by atoms with Crippen LogP contribution < -0.4 is 0 Å². The first-order chi connectivity index (χ1) is 42.4. The molecule has 0 aromatic carbocycles. The van der Waals surface area contributed by atoms with Gasteiger partial charge in [-0.25, -0.2) is 9.13 Å². The highest BCUT2D eigenvalue weighted by Gasteiger charge is 2.30. The van der Waals surface area contributed by atoms with E-state index in [0.29, 0.717) is 25.7 Å². The third kappa shape index (κ3) is 59.8. The van der Waals surface area contributed by atoms with E-state index < -0.39 is 97.5 Å². The molecule has 0 heterocycles. The lowest BCUT2D eigenvalue weighted by Gasteiger charge is -2.21. The molecule has 0 amide bonds. The fourth-order valence-corrected chi connectivity index (χ4v) is 11.4. The first-order valence-electron chi connectivity index (χ1n) is 35.4. The number of hydrogen-bond donors (Lipinski definition) is 3. The predicted molar refractivity (Wildman–Crippen MR) is 354 cm³/mol. The molecule has 0 radical (unpaired) electrons. The van der Waals surface area contributed by atoms with E-state index in [1.165, 1.54) is 128 Å². The van der Waals surface area contributed by atoms with Crippen LogP contribution in [-0.4, -0.2) is 96.7 Å². The van der Waals surface area contributed by atoms with E-state index in [-0.39, 0.29) is 25.7 Å². The van der Waals surface area contributed by atoms with Gasteiger partial charge < -0.3 is 33.8 Å².